The lowest BCUT2D eigenvalue weighted by molar-refractivity contribution is -0.141. The summed E-state index contributed by atoms with van der Waals surface area (Å²) in [6, 6.07) is 20.1. The minimum Gasteiger partial charge on any atom is -0.481 e. The number of nitrogens with one attached hydrogen (secondary N) is 1. The third-order valence-electron chi connectivity index (χ3n) is 9.68. The van der Waals surface area contributed by atoms with Crippen LogP contribution in [0.15, 0.2) is 90.1 Å². The van der Waals surface area contributed by atoms with Crippen LogP contribution in [0.3, 0.4) is 0 Å². The van der Waals surface area contributed by atoms with Crippen molar-refractivity contribution >= 4 is 78.1 Å². The minimum atomic E-state index is -0.769. The quantitative estimate of drug-likeness (QED) is 0.206. The Morgan fingerprint density at radius 2 is 1.33 bits per heavy atom. The average molecular weight is 832 g/mol. The molecule has 8 aromatic rings. The second-order valence-corrected chi connectivity index (χ2v) is 14.4. The normalized spacial score (nSPS) is 16.4. The number of anilines is 1. The van der Waals surface area contributed by atoms with Crippen molar-refractivity contribution in [2.24, 2.45) is 11.8 Å². The molecule has 3 N–H and O–H groups in total. The molecule has 0 radical (unpaired) electrons. The van der Waals surface area contributed by atoms with Crippen molar-refractivity contribution in [3.63, 3.8) is 0 Å². The van der Waals surface area contributed by atoms with E-state index in [0.29, 0.717) is 72.2 Å². The van der Waals surface area contributed by atoms with E-state index in [1.165, 1.54) is 0 Å². The van der Waals surface area contributed by atoms with E-state index in [2.05, 4.69) is 83.9 Å². The Bertz CT molecular complexity index is 2720. The summed E-state index contributed by atoms with van der Waals surface area (Å²) in [6.45, 7) is 3.70. The largest absolute Gasteiger partial charge is 0.481 e. The molecule has 57 heavy (non-hydrogen) atoms. The molecule has 19 heteroatoms. The number of pyridine rings is 2. The Labute approximate surface area is 332 Å². The first-order chi connectivity index (χ1) is 27.8. The fraction of sp³-hybridized carbons (Fsp3) is 0.263. The van der Waals surface area contributed by atoms with E-state index in [4.69, 9.17) is 5.11 Å². The van der Waals surface area contributed by atoms with Crippen LogP contribution < -0.4 is 10.2 Å². The number of carboxylic acids is 2. The molecule has 2 atom stereocenters. The Morgan fingerprint density at radius 1 is 0.737 bits per heavy atom. The summed E-state index contributed by atoms with van der Waals surface area (Å²) >= 11 is 3.32. The first-order valence-electron chi connectivity index (χ1n) is 18.1. The van der Waals surface area contributed by atoms with E-state index in [0.717, 1.165) is 45.9 Å². The van der Waals surface area contributed by atoms with Gasteiger partial charge in [0.25, 0.3) is 0 Å². The number of carbonyl (C=O) groups is 2. The van der Waals surface area contributed by atoms with Gasteiger partial charge < -0.3 is 20.4 Å². The van der Waals surface area contributed by atoms with Gasteiger partial charge in [0.15, 0.2) is 11.3 Å². The lowest BCUT2D eigenvalue weighted by atomic mass is 10.1. The lowest BCUT2D eigenvalue weighted by Crippen LogP contribution is -2.23. The number of carboxylic acid groups (broad SMARTS) is 2. The first kappa shape index (κ1) is 37.3. The van der Waals surface area contributed by atoms with Crippen LogP contribution in [0.1, 0.15) is 24.0 Å². The minimum absolute atomic E-state index is 0.130. The predicted molar refractivity (Wildman–Crippen MR) is 212 cm³/mol. The summed E-state index contributed by atoms with van der Waals surface area (Å²) in [6.07, 6.45) is 8.21. The maximum absolute atomic E-state index is 11.2. The number of halogens is 1. The molecule has 0 amide bonds. The summed E-state index contributed by atoms with van der Waals surface area (Å²) in [5.74, 6) is -1.28. The van der Waals surface area contributed by atoms with Crippen LogP contribution in [0.2, 0.25) is 0 Å². The molecule has 10 rings (SSSR count). The molecule has 2 saturated heterocycles. The number of benzene rings is 2. The molecule has 0 spiro atoms. The van der Waals surface area contributed by atoms with Crippen LogP contribution in [-0.2, 0) is 22.7 Å². The highest BCUT2D eigenvalue weighted by Gasteiger charge is 2.29. The third kappa shape index (κ3) is 8.63. The molecule has 0 bridgehead atoms. The fourth-order valence-electron chi connectivity index (χ4n) is 6.67. The molecule has 0 aliphatic carbocycles. The second kappa shape index (κ2) is 16.6. The summed E-state index contributed by atoms with van der Waals surface area (Å²) < 4.78 is 4.12. The van der Waals surface area contributed by atoms with Crippen LogP contribution in [0.4, 0.5) is 5.82 Å². The molecule has 18 nitrogen and oxygen atoms in total. The van der Waals surface area contributed by atoms with Crippen molar-refractivity contribution in [1.82, 2.24) is 65.2 Å². The van der Waals surface area contributed by atoms with Crippen molar-refractivity contribution < 1.29 is 19.8 Å². The molecule has 2 aliphatic rings. The van der Waals surface area contributed by atoms with Crippen LogP contribution >= 0.6 is 15.9 Å². The van der Waals surface area contributed by atoms with Gasteiger partial charge in [-0.3, -0.25) is 19.6 Å². The Balaban J connectivity index is 0.000000137. The molecular formula is C38H35BrN14O4. The number of rotatable bonds is 7. The van der Waals surface area contributed by atoms with Gasteiger partial charge in [0.05, 0.1) is 48.4 Å². The third-order valence-corrected chi connectivity index (χ3v) is 10.1. The van der Waals surface area contributed by atoms with Gasteiger partial charge >= 0.3 is 11.9 Å². The number of fused-ring (bicyclic) bond motifs is 4. The molecule has 6 aromatic heterocycles. The molecular weight excluding hydrogens is 796 g/mol. The van der Waals surface area contributed by atoms with E-state index in [9.17, 15) is 14.7 Å². The highest BCUT2D eigenvalue weighted by molar-refractivity contribution is 9.10. The van der Waals surface area contributed by atoms with Crippen molar-refractivity contribution in [3.05, 3.63) is 101 Å². The lowest BCUT2D eigenvalue weighted by Gasteiger charge is -2.16. The SMILES string of the molecule is Brc1cnc2nnn(Cc3ccc4ncccc4c3)c2n1.O=C(O)C1CCN(c2cnc3nnn(Cc4ccc5ncccc5c4)c3n2)C1.O=C(O)C1CCNC1. The zero-order valence-electron chi connectivity index (χ0n) is 30.3. The number of aromatic nitrogens is 12. The highest BCUT2D eigenvalue weighted by Crippen LogP contribution is 2.24. The molecule has 2 unspecified atom stereocenters. The number of hydrogen-bond donors (Lipinski definition) is 3. The molecule has 2 aromatic carbocycles. The molecule has 288 valence electrons. The summed E-state index contributed by atoms with van der Waals surface area (Å²) in [5, 5.41) is 39.2. The van der Waals surface area contributed by atoms with Crippen LogP contribution in [0.25, 0.3) is 44.4 Å². The van der Waals surface area contributed by atoms with E-state index >= 15 is 0 Å². The van der Waals surface area contributed by atoms with Crippen molar-refractivity contribution in [2.45, 2.75) is 25.9 Å². The Hall–Kier alpha value is -6.60. The van der Waals surface area contributed by atoms with Gasteiger partial charge in [-0.1, -0.05) is 34.7 Å². The predicted octanol–water partition coefficient (Wildman–Crippen LogP) is 3.99. The number of hydrogen-bond acceptors (Lipinski definition) is 14. The van der Waals surface area contributed by atoms with Crippen LogP contribution in [0.5, 0.6) is 0 Å². The molecule has 0 saturated carbocycles. The van der Waals surface area contributed by atoms with Gasteiger partial charge in [0.2, 0.25) is 11.3 Å². The second-order valence-electron chi connectivity index (χ2n) is 13.6. The molecule has 2 fully saturated rings. The maximum atomic E-state index is 11.2. The molecule has 8 heterocycles. The van der Waals surface area contributed by atoms with Gasteiger partial charge in [-0.05, 0) is 82.8 Å². The Kier molecular flexibility index (Phi) is 10.9. The zero-order valence-corrected chi connectivity index (χ0v) is 31.9. The van der Waals surface area contributed by atoms with Crippen molar-refractivity contribution in [2.75, 3.05) is 31.1 Å². The van der Waals surface area contributed by atoms with Crippen molar-refractivity contribution in [3.8, 4) is 0 Å². The summed E-state index contributed by atoms with van der Waals surface area (Å²) in [4.78, 5) is 49.5. The van der Waals surface area contributed by atoms with Gasteiger partial charge in [-0.15, -0.1) is 10.2 Å². The number of nitrogens with zero attached hydrogens (tertiary/aromatic N) is 13. The fourth-order valence-corrected chi connectivity index (χ4v) is 6.94. The van der Waals surface area contributed by atoms with Gasteiger partial charge in [0, 0.05) is 42.8 Å². The maximum Gasteiger partial charge on any atom is 0.308 e. The smallest absolute Gasteiger partial charge is 0.308 e. The van der Waals surface area contributed by atoms with Gasteiger partial charge in [-0.25, -0.2) is 29.3 Å². The standard InChI is InChI=1S/C19H17N7O2.C14H9BrN6.C5H9NO2/c27-19(28)14-5-7-25(11-14)16-9-21-17-18(22-16)26(24-23-17)10-12-3-4-15-13(8-12)2-1-6-20-15;15-12-7-17-13-14(18-12)21(20-19-13)8-9-3-4-11-10(6-9)2-1-5-16-11;7-5(8)4-1-2-6-3-4/h1-4,6,8-9,14H,5,7,10-11H2,(H,27,28);1-7H,8H2;4,6H,1-3H2,(H,7,8). The monoisotopic (exact) mass is 830 g/mol. The zero-order chi connectivity index (χ0) is 39.3. The van der Waals surface area contributed by atoms with Gasteiger partial charge in [-0.2, -0.15) is 0 Å². The van der Waals surface area contributed by atoms with E-state index in [1.807, 2.05) is 53.4 Å². The number of aliphatic carboxylic acids is 2. The van der Waals surface area contributed by atoms with E-state index in [-0.39, 0.29) is 11.8 Å². The molecule has 2 aliphatic heterocycles. The average Bonchev–Trinajstić information content (AvgIpc) is 4.07. The first-order valence-corrected chi connectivity index (χ1v) is 18.9. The van der Waals surface area contributed by atoms with E-state index in [1.54, 1.807) is 34.2 Å². The van der Waals surface area contributed by atoms with E-state index < -0.39 is 11.9 Å². The highest BCUT2D eigenvalue weighted by atomic mass is 79.9. The topological polar surface area (TPSA) is 229 Å². The Morgan fingerprint density at radius 3 is 1.88 bits per heavy atom. The van der Waals surface area contributed by atoms with Crippen LogP contribution in [-0.4, -0.2) is 108 Å². The summed E-state index contributed by atoms with van der Waals surface area (Å²) in [5.41, 5.74) is 6.36. The van der Waals surface area contributed by atoms with Crippen LogP contribution in [0, 0.1) is 11.8 Å². The van der Waals surface area contributed by atoms with Crippen molar-refractivity contribution in [1.29, 1.82) is 0 Å². The summed E-state index contributed by atoms with van der Waals surface area (Å²) in [7, 11) is 0. The van der Waals surface area contributed by atoms with Gasteiger partial charge in [0.1, 0.15) is 10.4 Å².